The summed E-state index contributed by atoms with van der Waals surface area (Å²) in [6.45, 7) is 3.52. The number of nitrogens with two attached hydrogens (primary N) is 1. The van der Waals surface area contributed by atoms with Crippen LogP contribution in [0.4, 0.5) is 17.2 Å². The maximum Gasteiger partial charge on any atom is 0.312 e. The molecule has 1 unspecified atom stereocenters. The second-order valence-electron chi connectivity index (χ2n) is 18.4. The zero-order chi connectivity index (χ0) is 42.4. The Kier molecular flexibility index (Phi) is 11.2. The Morgan fingerprint density at radius 1 is 0.952 bits per heavy atom. The molecule has 1 spiro atoms. The number of benzene rings is 2. The van der Waals surface area contributed by atoms with Gasteiger partial charge in [0.1, 0.15) is 17.1 Å². The summed E-state index contributed by atoms with van der Waals surface area (Å²) in [7, 11) is -2.15. The van der Waals surface area contributed by atoms with Crippen LogP contribution in [0.1, 0.15) is 110 Å². The zero-order valence-electron chi connectivity index (χ0n) is 35.0. The third-order valence-electron chi connectivity index (χ3n) is 14.4. The molecule has 14 nitrogen and oxygen atoms in total. The van der Waals surface area contributed by atoms with Crippen molar-refractivity contribution in [2.45, 2.75) is 106 Å². The van der Waals surface area contributed by atoms with E-state index in [0.29, 0.717) is 41.4 Å². The van der Waals surface area contributed by atoms with E-state index in [0.717, 1.165) is 68.6 Å². The number of hydrogen-bond donors (Lipinski definition) is 4. The average Bonchev–Trinajstić information content (AvgIpc) is 3.82. The highest BCUT2D eigenvalue weighted by atomic mass is 32.2. The molecular formula is C47H55N9O5S. The fraction of sp³-hybridized carbons (Fsp3) is 0.468. The number of ether oxygens (including phenoxy) is 1. The van der Waals surface area contributed by atoms with E-state index in [2.05, 4.69) is 59.1 Å². The number of fused-ring (bicyclic) bond motifs is 1. The van der Waals surface area contributed by atoms with Crippen molar-refractivity contribution < 1.29 is 18.7 Å². The number of nitrogens with zero attached hydrogens (tertiary/aromatic N) is 5. The number of aromatic nitrogens is 3. The normalized spacial score (nSPS) is 23.2. The van der Waals surface area contributed by atoms with Crippen LogP contribution in [-0.2, 0) is 11.0 Å². The summed E-state index contributed by atoms with van der Waals surface area (Å²) >= 11 is 0. The summed E-state index contributed by atoms with van der Waals surface area (Å²) in [5, 5.41) is 16.1. The lowest BCUT2D eigenvalue weighted by atomic mass is 9.59. The van der Waals surface area contributed by atoms with Crippen LogP contribution < -0.4 is 25.4 Å². The topological polar surface area (TPSA) is 185 Å². The van der Waals surface area contributed by atoms with E-state index in [-0.39, 0.29) is 33.8 Å². The van der Waals surface area contributed by atoms with Gasteiger partial charge in [-0.3, -0.25) is 24.5 Å². The van der Waals surface area contributed by atoms with Gasteiger partial charge in [0.25, 0.3) is 5.91 Å². The van der Waals surface area contributed by atoms with Gasteiger partial charge in [0.2, 0.25) is 5.82 Å². The van der Waals surface area contributed by atoms with Gasteiger partial charge in [-0.05, 0) is 136 Å². The molecule has 2 aliphatic heterocycles. The molecule has 3 aliphatic carbocycles. The summed E-state index contributed by atoms with van der Waals surface area (Å²) in [6, 6.07) is 21.0. The van der Waals surface area contributed by atoms with Gasteiger partial charge in [-0.2, -0.15) is 0 Å². The second kappa shape index (κ2) is 17.1. The molecule has 15 heteroatoms. The number of piperidine rings is 1. The van der Waals surface area contributed by atoms with Crippen LogP contribution in [0.15, 0.2) is 84.1 Å². The smallest absolute Gasteiger partial charge is 0.312 e. The Morgan fingerprint density at radius 2 is 1.74 bits per heavy atom. The van der Waals surface area contributed by atoms with E-state index in [9.17, 15) is 19.1 Å². The highest BCUT2D eigenvalue weighted by molar-refractivity contribution is 7.83. The number of carbonyl (C=O) groups excluding carboxylic acids is 1. The number of nitrogens with one attached hydrogen (secondary N) is 3. The lowest BCUT2D eigenvalue weighted by Gasteiger charge is -2.56. The largest absolute Gasteiger partial charge is 0.455 e. The van der Waals surface area contributed by atoms with Crippen molar-refractivity contribution in [3.63, 3.8) is 0 Å². The van der Waals surface area contributed by atoms with E-state index in [1.54, 1.807) is 29.6 Å². The molecule has 0 radical (unpaired) electrons. The Labute approximate surface area is 364 Å². The number of aromatic amines is 1. The summed E-state index contributed by atoms with van der Waals surface area (Å²) in [6.07, 6.45) is 18.3. The molecule has 5 heterocycles. The minimum atomic E-state index is -2.15. The SMILES string of the molecule is NC1CCC(CNc2ncc(S(=O)NC(=O)c3ccc(N4CCC5(CC4)CC(N4CCC[C@H]4c4ccccc4C4CC4)C5)cc3Oc3cnc4[nH]ccc4c3)cc2[N+](=O)[O-])CC1. The summed E-state index contributed by atoms with van der Waals surface area (Å²) in [5.41, 5.74) is 11.1. The highest BCUT2D eigenvalue weighted by Crippen LogP contribution is 2.55. The molecule has 62 heavy (non-hydrogen) atoms. The maximum absolute atomic E-state index is 13.9. The molecule has 2 saturated heterocycles. The quantitative estimate of drug-likeness (QED) is 0.0658. The van der Waals surface area contributed by atoms with Crippen LogP contribution in [0.2, 0.25) is 0 Å². The van der Waals surface area contributed by atoms with E-state index in [1.807, 2.05) is 24.3 Å². The van der Waals surface area contributed by atoms with Crippen LogP contribution in [0, 0.1) is 21.4 Å². The van der Waals surface area contributed by atoms with E-state index < -0.39 is 21.8 Å². The number of hydrogen-bond acceptors (Lipinski definition) is 11. The number of likely N-dealkylation sites (tertiary alicyclic amines) is 1. The zero-order valence-corrected chi connectivity index (χ0v) is 35.8. The molecule has 5 N–H and O–H groups in total. The molecule has 2 atom stereocenters. The second-order valence-corrected chi connectivity index (χ2v) is 19.6. The van der Waals surface area contributed by atoms with Crippen molar-refractivity contribution in [3.05, 3.63) is 106 Å². The third-order valence-corrected chi connectivity index (χ3v) is 15.4. The Balaban J connectivity index is 0.822. The van der Waals surface area contributed by atoms with Crippen molar-refractivity contribution in [2.24, 2.45) is 17.1 Å². The maximum atomic E-state index is 13.9. The summed E-state index contributed by atoms with van der Waals surface area (Å²) < 4.78 is 22.5. The first kappa shape index (κ1) is 40.7. The van der Waals surface area contributed by atoms with Gasteiger partial charge in [-0.15, -0.1) is 0 Å². The van der Waals surface area contributed by atoms with Gasteiger partial charge in [0.05, 0.1) is 21.6 Å². The van der Waals surface area contributed by atoms with Gasteiger partial charge < -0.3 is 25.7 Å². The number of rotatable bonds is 13. The Bertz CT molecular complexity index is 2480. The monoisotopic (exact) mass is 857 g/mol. The first-order valence-corrected chi connectivity index (χ1v) is 23.5. The first-order valence-electron chi connectivity index (χ1n) is 22.4. The fourth-order valence-electron chi connectivity index (χ4n) is 10.7. The lowest BCUT2D eigenvalue weighted by molar-refractivity contribution is -0.384. The predicted octanol–water partition coefficient (Wildman–Crippen LogP) is 8.50. The van der Waals surface area contributed by atoms with Crippen molar-refractivity contribution >= 4 is 45.1 Å². The molecule has 10 rings (SSSR count). The van der Waals surface area contributed by atoms with E-state index in [4.69, 9.17) is 10.5 Å². The van der Waals surface area contributed by atoms with Crippen molar-refractivity contribution in [1.29, 1.82) is 0 Å². The number of carbonyl (C=O) groups is 1. The average molecular weight is 858 g/mol. The number of H-pyrrole nitrogens is 1. The summed E-state index contributed by atoms with van der Waals surface area (Å²) in [4.78, 5) is 42.5. The number of pyridine rings is 2. The Morgan fingerprint density at radius 3 is 2.52 bits per heavy atom. The number of nitro groups is 1. The fourth-order valence-corrected chi connectivity index (χ4v) is 11.5. The molecule has 5 fully saturated rings. The third kappa shape index (κ3) is 8.41. The van der Waals surface area contributed by atoms with Crippen LogP contribution in [0.25, 0.3) is 11.0 Å². The summed E-state index contributed by atoms with van der Waals surface area (Å²) in [5.74, 6) is 1.28. The molecule has 5 aliphatic rings. The molecular weight excluding hydrogens is 803 g/mol. The van der Waals surface area contributed by atoms with Crippen LogP contribution >= 0.6 is 0 Å². The highest BCUT2D eigenvalue weighted by Gasteiger charge is 2.50. The van der Waals surface area contributed by atoms with E-state index in [1.165, 1.54) is 57.3 Å². The first-order chi connectivity index (χ1) is 30.2. The van der Waals surface area contributed by atoms with Crippen LogP contribution in [0.3, 0.4) is 0 Å². The number of amides is 1. The van der Waals surface area contributed by atoms with E-state index >= 15 is 0 Å². The van der Waals surface area contributed by atoms with Crippen molar-refractivity contribution in [3.8, 4) is 11.5 Å². The molecule has 5 aromatic rings. The van der Waals surface area contributed by atoms with Crippen LogP contribution in [0.5, 0.6) is 11.5 Å². The van der Waals surface area contributed by atoms with Gasteiger partial charge in [0.15, 0.2) is 11.0 Å². The number of anilines is 2. The standard InChI is InChI=1S/C47H55N9O5S/c48-33-11-7-30(8-12-33)27-50-45-42(56(58)59)24-37(29-52-45)62(60)53-46(57)40-14-13-34(23-43(40)61-36-22-32-15-18-49-44(32)51-28-36)54-20-16-47(17-21-54)25-35(26-47)55-19-3-6-41(55)39-5-2-1-4-38(39)31-9-10-31/h1-2,4-5,13-15,18,22-24,28-31,33,35,41H,3,6-12,16-17,19-21,25-27,48H2,(H,49,51)(H,50,52)(H,53,57)/t30?,33?,41-,62?/m0/s1. The molecule has 1 amide bonds. The van der Waals surface area contributed by atoms with Crippen molar-refractivity contribution in [2.75, 3.05) is 36.4 Å². The molecule has 2 aromatic carbocycles. The molecule has 324 valence electrons. The van der Waals surface area contributed by atoms with Crippen molar-refractivity contribution in [1.82, 2.24) is 24.6 Å². The minimum Gasteiger partial charge on any atom is -0.455 e. The van der Waals surface area contributed by atoms with Gasteiger partial charge >= 0.3 is 5.69 Å². The van der Waals surface area contributed by atoms with Gasteiger partial charge in [-0.1, -0.05) is 24.3 Å². The Hall–Kier alpha value is -5.38. The van der Waals surface area contributed by atoms with Gasteiger partial charge in [0, 0.05) is 73.4 Å². The molecule has 3 aromatic heterocycles. The molecule has 3 saturated carbocycles. The molecule has 0 bridgehead atoms. The van der Waals surface area contributed by atoms with Gasteiger partial charge in [-0.25, -0.2) is 14.2 Å². The van der Waals surface area contributed by atoms with Crippen LogP contribution in [-0.4, -0.2) is 73.2 Å². The minimum absolute atomic E-state index is 0.00393. The lowest BCUT2D eigenvalue weighted by Crippen LogP contribution is -2.54. The predicted molar refractivity (Wildman–Crippen MR) is 240 cm³/mol.